The standard InChI is InChI=1S/C22H24N4O2/c1-16(2)12-25-22(27)20-13-24-21(14-23-20)26-18-8-10-19(11-9-18)28-15-17-6-4-3-5-7-17/h3-11,13-14,16H,12,15H2,1-2H3,(H,24,26)(H,25,27). The number of anilines is 2. The number of carbonyl (C=O) groups excluding carboxylic acids is 1. The molecule has 1 amide bonds. The third kappa shape index (κ3) is 5.81. The first-order valence-electron chi connectivity index (χ1n) is 9.24. The Morgan fingerprint density at radius 2 is 1.75 bits per heavy atom. The fraction of sp³-hybridized carbons (Fsp3) is 0.227. The fourth-order valence-electron chi connectivity index (χ4n) is 2.42. The minimum absolute atomic E-state index is 0.215. The molecule has 0 aliphatic heterocycles. The summed E-state index contributed by atoms with van der Waals surface area (Å²) < 4.78 is 5.78. The highest BCUT2D eigenvalue weighted by molar-refractivity contribution is 5.92. The maximum atomic E-state index is 12.0. The van der Waals surface area contributed by atoms with Crippen molar-refractivity contribution in [1.29, 1.82) is 0 Å². The van der Waals surface area contributed by atoms with E-state index in [1.165, 1.54) is 6.20 Å². The average Bonchev–Trinajstić information content (AvgIpc) is 2.73. The van der Waals surface area contributed by atoms with Crippen LogP contribution >= 0.6 is 0 Å². The van der Waals surface area contributed by atoms with Gasteiger partial charge in [-0.3, -0.25) is 4.79 Å². The molecular weight excluding hydrogens is 352 g/mol. The Hall–Kier alpha value is -3.41. The van der Waals surface area contributed by atoms with E-state index in [2.05, 4.69) is 20.6 Å². The van der Waals surface area contributed by atoms with Gasteiger partial charge in [0.05, 0.1) is 12.4 Å². The van der Waals surface area contributed by atoms with Gasteiger partial charge in [0.15, 0.2) is 0 Å². The first-order valence-corrected chi connectivity index (χ1v) is 9.24. The summed E-state index contributed by atoms with van der Waals surface area (Å²) in [6.07, 6.45) is 3.01. The number of aromatic nitrogens is 2. The van der Waals surface area contributed by atoms with Gasteiger partial charge in [0.25, 0.3) is 5.91 Å². The molecule has 6 heteroatoms. The van der Waals surface area contributed by atoms with Gasteiger partial charge >= 0.3 is 0 Å². The van der Waals surface area contributed by atoms with Gasteiger partial charge in [-0.25, -0.2) is 9.97 Å². The highest BCUT2D eigenvalue weighted by Gasteiger charge is 2.08. The largest absolute Gasteiger partial charge is 0.489 e. The minimum Gasteiger partial charge on any atom is -0.489 e. The van der Waals surface area contributed by atoms with Crippen LogP contribution in [0.4, 0.5) is 11.5 Å². The number of hydrogen-bond donors (Lipinski definition) is 2. The second-order valence-electron chi connectivity index (χ2n) is 6.81. The smallest absolute Gasteiger partial charge is 0.271 e. The van der Waals surface area contributed by atoms with E-state index in [-0.39, 0.29) is 5.91 Å². The summed E-state index contributed by atoms with van der Waals surface area (Å²) in [7, 11) is 0. The fourth-order valence-corrected chi connectivity index (χ4v) is 2.42. The summed E-state index contributed by atoms with van der Waals surface area (Å²) in [6, 6.07) is 17.6. The van der Waals surface area contributed by atoms with Crippen molar-refractivity contribution in [2.75, 3.05) is 11.9 Å². The van der Waals surface area contributed by atoms with Crippen molar-refractivity contribution in [3.05, 3.63) is 78.2 Å². The molecule has 3 rings (SSSR count). The second-order valence-corrected chi connectivity index (χ2v) is 6.81. The van der Waals surface area contributed by atoms with Crippen LogP contribution < -0.4 is 15.4 Å². The Morgan fingerprint density at radius 1 is 1.00 bits per heavy atom. The molecule has 0 spiro atoms. The highest BCUT2D eigenvalue weighted by Crippen LogP contribution is 2.19. The van der Waals surface area contributed by atoms with E-state index < -0.39 is 0 Å². The third-order valence-electron chi connectivity index (χ3n) is 3.93. The maximum absolute atomic E-state index is 12.0. The van der Waals surface area contributed by atoms with Crippen LogP contribution in [0.5, 0.6) is 5.75 Å². The lowest BCUT2D eigenvalue weighted by Crippen LogP contribution is -2.28. The van der Waals surface area contributed by atoms with Crippen molar-refractivity contribution in [2.24, 2.45) is 5.92 Å². The molecule has 6 nitrogen and oxygen atoms in total. The molecule has 0 aliphatic carbocycles. The van der Waals surface area contributed by atoms with Gasteiger partial charge in [0.2, 0.25) is 0 Å². The Balaban J connectivity index is 1.53. The van der Waals surface area contributed by atoms with Gasteiger partial charge in [0, 0.05) is 12.2 Å². The first-order chi connectivity index (χ1) is 13.6. The molecule has 1 aromatic heterocycles. The van der Waals surface area contributed by atoms with E-state index in [1.807, 2.05) is 68.4 Å². The van der Waals surface area contributed by atoms with Gasteiger partial charge in [-0.15, -0.1) is 0 Å². The van der Waals surface area contributed by atoms with Gasteiger partial charge in [0.1, 0.15) is 23.9 Å². The molecule has 1 heterocycles. The van der Waals surface area contributed by atoms with Gasteiger partial charge in [-0.2, -0.15) is 0 Å². The molecular formula is C22H24N4O2. The second kappa shape index (κ2) is 9.50. The molecule has 0 fully saturated rings. The van der Waals surface area contributed by atoms with E-state index in [0.717, 1.165) is 17.0 Å². The zero-order valence-electron chi connectivity index (χ0n) is 16.1. The monoisotopic (exact) mass is 376 g/mol. The predicted octanol–water partition coefficient (Wildman–Crippen LogP) is 4.19. The number of ether oxygens (including phenoxy) is 1. The summed E-state index contributed by atoms with van der Waals surface area (Å²) in [6.45, 7) is 5.21. The number of nitrogens with one attached hydrogen (secondary N) is 2. The SMILES string of the molecule is CC(C)CNC(=O)c1cnc(Nc2ccc(OCc3ccccc3)cc2)cn1. The maximum Gasteiger partial charge on any atom is 0.271 e. The molecule has 28 heavy (non-hydrogen) atoms. The number of carbonyl (C=O) groups is 1. The van der Waals surface area contributed by atoms with Crippen LogP contribution in [0, 0.1) is 5.92 Å². The van der Waals surface area contributed by atoms with Gasteiger partial charge in [-0.05, 0) is 35.7 Å². The minimum atomic E-state index is -0.215. The lowest BCUT2D eigenvalue weighted by Gasteiger charge is -2.09. The Morgan fingerprint density at radius 3 is 2.39 bits per heavy atom. The number of hydrogen-bond acceptors (Lipinski definition) is 5. The van der Waals surface area contributed by atoms with Crippen LogP contribution in [-0.2, 0) is 6.61 Å². The van der Waals surface area contributed by atoms with Crippen LogP contribution in [0.2, 0.25) is 0 Å². The summed E-state index contributed by atoms with van der Waals surface area (Å²) in [5.41, 5.74) is 2.28. The molecule has 0 radical (unpaired) electrons. The molecule has 0 atom stereocenters. The topological polar surface area (TPSA) is 76.1 Å². The van der Waals surface area contributed by atoms with E-state index in [0.29, 0.717) is 30.6 Å². The predicted molar refractivity (Wildman–Crippen MR) is 110 cm³/mol. The van der Waals surface area contributed by atoms with E-state index in [9.17, 15) is 4.79 Å². The van der Waals surface area contributed by atoms with Crippen LogP contribution in [0.3, 0.4) is 0 Å². The molecule has 144 valence electrons. The highest BCUT2D eigenvalue weighted by atomic mass is 16.5. The van der Waals surface area contributed by atoms with Gasteiger partial charge < -0.3 is 15.4 Å². The van der Waals surface area contributed by atoms with Crippen molar-refractivity contribution in [3.8, 4) is 5.75 Å². The quantitative estimate of drug-likeness (QED) is 0.617. The van der Waals surface area contributed by atoms with Crippen LogP contribution in [0.1, 0.15) is 29.9 Å². The summed E-state index contributed by atoms with van der Waals surface area (Å²) in [5, 5.41) is 5.98. The molecule has 3 aromatic rings. The number of rotatable bonds is 8. The Bertz CT molecular complexity index is 879. The zero-order valence-corrected chi connectivity index (χ0v) is 16.1. The van der Waals surface area contributed by atoms with E-state index in [4.69, 9.17) is 4.74 Å². The number of nitrogens with zero attached hydrogens (tertiary/aromatic N) is 2. The molecule has 0 unspecified atom stereocenters. The normalized spacial score (nSPS) is 10.5. The van der Waals surface area contributed by atoms with Crippen molar-refractivity contribution in [1.82, 2.24) is 15.3 Å². The van der Waals surface area contributed by atoms with E-state index in [1.54, 1.807) is 6.20 Å². The summed E-state index contributed by atoms with van der Waals surface area (Å²) in [5.74, 6) is 1.53. The summed E-state index contributed by atoms with van der Waals surface area (Å²) >= 11 is 0. The van der Waals surface area contributed by atoms with E-state index >= 15 is 0 Å². The van der Waals surface area contributed by atoms with Crippen molar-refractivity contribution < 1.29 is 9.53 Å². The van der Waals surface area contributed by atoms with Crippen molar-refractivity contribution >= 4 is 17.4 Å². The van der Waals surface area contributed by atoms with Crippen LogP contribution in [0.15, 0.2) is 67.0 Å². The Kier molecular flexibility index (Phi) is 6.57. The summed E-state index contributed by atoms with van der Waals surface area (Å²) in [4.78, 5) is 20.4. The van der Waals surface area contributed by atoms with Crippen LogP contribution in [-0.4, -0.2) is 22.4 Å². The Labute approximate surface area is 165 Å². The lowest BCUT2D eigenvalue weighted by molar-refractivity contribution is 0.0943. The molecule has 0 aliphatic rings. The first kappa shape index (κ1) is 19.4. The number of benzene rings is 2. The average molecular weight is 376 g/mol. The van der Waals surface area contributed by atoms with Crippen molar-refractivity contribution in [3.63, 3.8) is 0 Å². The lowest BCUT2D eigenvalue weighted by atomic mass is 10.2. The molecule has 2 aromatic carbocycles. The molecule has 0 bridgehead atoms. The van der Waals surface area contributed by atoms with Crippen molar-refractivity contribution in [2.45, 2.75) is 20.5 Å². The molecule has 2 N–H and O–H groups in total. The molecule has 0 saturated heterocycles. The molecule has 0 saturated carbocycles. The van der Waals surface area contributed by atoms with Crippen LogP contribution in [0.25, 0.3) is 0 Å². The third-order valence-corrected chi connectivity index (χ3v) is 3.93. The van der Waals surface area contributed by atoms with Gasteiger partial charge in [-0.1, -0.05) is 44.2 Å². The number of amides is 1. The zero-order chi connectivity index (χ0) is 19.8.